The fraction of sp³-hybridized carbons (Fsp3) is 0.312. The second-order valence-electron chi connectivity index (χ2n) is 5.36. The molecule has 2 aromatic rings. The summed E-state index contributed by atoms with van der Waals surface area (Å²) in [5.41, 5.74) is 0.879. The van der Waals surface area contributed by atoms with Gasteiger partial charge in [0.2, 0.25) is 0 Å². The number of aromatic carboxylic acids is 1. The molecule has 1 saturated heterocycles. The number of ether oxygens (including phenoxy) is 1. The zero-order valence-corrected chi connectivity index (χ0v) is 14.8. The number of rotatable bonds is 4. The fourth-order valence-electron chi connectivity index (χ4n) is 2.59. The molecule has 128 valence electrons. The molecule has 0 saturated carbocycles. The monoisotopic (exact) mass is 389 g/mol. The van der Waals surface area contributed by atoms with Gasteiger partial charge in [0.25, 0.3) is 0 Å². The summed E-state index contributed by atoms with van der Waals surface area (Å²) in [5, 5.41) is 10.5. The minimum atomic E-state index is -1.13. The molecule has 1 aliphatic rings. The van der Waals surface area contributed by atoms with Crippen molar-refractivity contribution in [3.05, 3.63) is 50.1 Å². The molecule has 0 bridgehead atoms. The summed E-state index contributed by atoms with van der Waals surface area (Å²) >= 11 is 12.8. The van der Waals surface area contributed by atoms with Gasteiger partial charge in [0, 0.05) is 25.1 Å². The Balaban J connectivity index is 1.97. The van der Waals surface area contributed by atoms with Crippen LogP contribution in [-0.4, -0.2) is 37.4 Å². The number of benzene rings is 1. The lowest BCUT2D eigenvalue weighted by Gasteiger charge is -2.27. The van der Waals surface area contributed by atoms with Crippen molar-refractivity contribution in [3.8, 4) is 0 Å². The highest BCUT2D eigenvalue weighted by Crippen LogP contribution is 2.37. The van der Waals surface area contributed by atoms with E-state index in [4.69, 9.17) is 27.9 Å². The fourth-order valence-corrected chi connectivity index (χ4v) is 4.00. The average Bonchev–Trinajstić information content (AvgIpc) is 2.89. The molecule has 8 heteroatoms. The van der Waals surface area contributed by atoms with E-state index in [0.717, 1.165) is 11.3 Å². The summed E-state index contributed by atoms with van der Waals surface area (Å²) in [5.74, 6) is -1.61. The van der Waals surface area contributed by atoms with Crippen molar-refractivity contribution in [2.75, 3.05) is 31.2 Å². The van der Waals surface area contributed by atoms with Crippen molar-refractivity contribution < 1.29 is 19.0 Å². The predicted octanol–water partition coefficient (Wildman–Crippen LogP) is 4.32. The van der Waals surface area contributed by atoms with Gasteiger partial charge in [-0.2, -0.15) is 0 Å². The minimum absolute atomic E-state index is 0.0139. The van der Waals surface area contributed by atoms with Crippen LogP contribution in [0.1, 0.15) is 20.8 Å². The highest BCUT2D eigenvalue weighted by molar-refractivity contribution is 7.18. The maximum absolute atomic E-state index is 14.9. The molecule has 1 fully saturated rings. The van der Waals surface area contributed by atoms with Crippen LogP contribution in [0, 0.1) is 5.82 Å². The van der Waals surface area contributed by atoms with Gasteiger partial charge in [-0.3, -0.25) is 0 Å². The lowest BCUT2D eigenvalue weighted by molar-refractivity contribution is 0.0701. The van der Waals surface area contributed by atoms with Crippen LogP contribution in [0.3, 0.4) is 0 Å². The number of carboxylic acids is 1. The molecule has 0 radical (unpaired) electrons. The molecule has 2 heterocycles. The maximum Gasteiger partial charge on any atom is 0.346 e. The molecule has 1 aliphatic heterocycles. The van der Waals surface area contributed by atoms with Gasteiger partial charge in [-0.1, -0.05) is 29.3 Å². The molecule has 0 unspecified atom stereocenters. The van der Waals surface area contributed by atoms with Crippen molar-refractivity contribution in [1.29, 1.82) is 0 Å². The van der Waals surface area contributed by atoms with Gasteiger partial charge in [0.05, 0.1) is 23.3 Å². The van der Waals surface area contributed by atoms with Gasteiger partial charge in [0.1, 0.15) is 9.88 Å². The summed E-state index contributed by atoms with van der Waals surface area (Å²) in [6.45, 7) is 2.09. The highest BCUT2D eigenvalue weighted by atomic mass is 35.5. The number of morpholine rings is 1. The normalized spacial score (nSPS) is 14.9. The van der Waals surface area contributed by atoms with Crippen LogP contribution in [0.15, 0.2) is 18.2 Å². The second kappa shape index (κ2) is 7.27. The van der Waals surface area contributed by atoms with Gasteiger partial charge in [-0.15, -0.1) is 11.3 Å². The van der Waals surface area contributed by atoms with Gasteiger partial charge in [-0.05, 0) is 17.7 Å². The smallest absolute Gasteiger partial charge is 0.346 e. The van der Waals surface area contributed by atoms with Crippen molar-refractivity contribution in [3.63, 3.8) is 0 Å². The molecule has 0 aliphatic carbocycles. The lowest BCUT2D eigenvalue weighted by Crippen LogP contribution is -2.36. The Morgan fingerprint density at radius 2 is 2.00 bits per heavy atom. The number of hydrogen-bond donors (Lipinski definition) is 1. The molecule has 4 nitrogen and oxygen atoms in total. The first-order valence-electron chi connectivity index (χ1n) is 7.28. The van der Waals surface area contributed by atoms with E-state index in [9.17, 15) is 14.3 Å². The summed E-state index contributed by atoms with van der Waals surface area (Å²) < 4.78 is 20.2. The zero-order chi connectivity index (χ0) is 17.3. The number of anilines is 1. The quantitative estimate of drug-likeness (QED) is 0.845. The van der Waals surface area contributed by atoms with Crippen molar-refractivity contribution >= 4 is 45.5 Å². The van der Waals surface area contributed by atoms with Crippen LogP contribution >= 0.6 is 34.5 Å². The molecule has 0 spiro atoms. The number of carbonyl (C=O) groups is 1. The molecule has 0 atom stereocenters. The minimum Gasteiger partial charge on any atom is -0.477 e. The highest BCUT2D eigenvalue weighted by Gasteiger charge is 2.27. The van der Waals surface area contributed by atoms with E-state index in [1.807, 2.05) is 4.90 Å². The van der Waals surface area contributed by atoms with E-state index < -0.39 is 11.8 Å². The molecule has 3 rings (SSSR count). The average molecular weight is 390 g/mol. The Kier molecular flexibility index (Phi) is 5.30. The van der Waals surface area contributed by atoms with Crippen LogP contribution in [-0.2, 0) is 11.2 Å². The summed E-state index contributed by atoms with van der Waals surface area (Å²) in [4.78, 5) is 13.4. The van der Waals surface area contributed by atoms with Crippen LogP contribution < -0.4 is 4.90 Å². The van der Waals surface area contributed by atoms with Crippen molar-refractivity contribution in [2.45, 2.75) is 6.42 Å². The Bertz CT molecular complexity index is 775. The van der Waals surface area contributed by atoms with E-state index in [0.29, 0.717) is 46.9 Å². The van der Waals surface area contributed by atoms with Gasteiger partial charge < -0.3 is 14.7 Å². The summed E-state index contributed by atoms with van der Waals surface area (Å²) in [7, 11) is 0. The Labute approximate surface area is 152 Å². The second-order valence-corrected chi connectivity index (χ2v) is 7.17. The molecule has 24 heavy (non-hydrogen) atoms. The van der Waals surface area contributed by atoms with E-state index in [1.165, 1.54) is 0 Å². The largest absolute Gasteiger partial charge is 0.477 e. The van der Waals surface area contributed by atoms with E-state index >= 15 is 0 Å². The van der Waals surface area contributed by atoms with E-state index in [2.05, 4.69) is 0 Å². The number of thiophene rings is 1. The van der Waals surface area contributed by atoms with Crippen molar-refractivity contribution in [1.82, 2.24) is 0 Å². The van der Waals surface area contributed by atoms with Crippen LogP contribution in [0.5, 0.6) is 0 Å². The molecule has 0 amide bonds. The first kappa shape index (κ1) is 17.5. The Hall–Kier alpha value is -1.34. The van der Waals surface area contributed by atoms with Crippen LogP contribution in [0.25, 0.3) is 0 Å². The van der Waals surface area contributed by atoms with Crippen LogP contribution in [0.4, 0.5) is 9.39 Å². The van der Waals surface area contributed by atoms with Gasteiger partial charge in [-0.25, -0.2) is 9.18 Å². The third-order valence-corrected chi connectivity index (χ3v) is 5.78. The number of nitrogens with zero attached hydrogens (tertiary/aromatic N) is 1. The zero-order valence-electron chi connectivity index (χ0n) is 12.5. The van der Waals surface area contributed by atoms with Crippen LogP contribution in [0.2, 0.25) is 10.0 Å². The van der Waals surface area contributed by atoms with Crippen molar-refractivity contribution in [2.24, 2.45) is 0 Å². The standard InChI is InChI=1S/C16H14Cl2FNO3S/c17-11-2-1-9(8-12(11)18)7-10-13(19)15(24-14(10)16(21)22)20-3-5-23-6-4-20/h1-2,8H,3-7H2,(H,21,22). The maximum atomic E-state index is 14.9. The molecule has 1 aromatic carbocycles. The third kappa shape index (κ3) is 3.52. The first-order chi connectivity index (χ1) is 11.5. The molecular formula is C16H14Cl2FNO3S. The molecule has 1 aromatic heterocycles. The van der Waals surface area contributed by atoms with E-state index in [-0.39, 0.29) is 16.9 Å². The Morgan fingerprint density at radius 3 is 2.62 bits per heavy atom. The lowest BCUT2D eigenvalue weighted by atomic mass is 10.0. The van der Waals surface area contributed by atoms with Gasteiger partial charge >= 0.3 is 5.97 Å². The molecular weight excluding hydrogens is 376 g/mol. The number of hydrogen-bond acceptors (Lipinski definition) is 4. The first-order valence-corrected chi connectivity index (χ1v) is 8.85. The number of halogens is 3. The summed E-state index contributed by atoms with van der Waals surface area (Å²) in [6, 6.07) is 4.96. The molecule has 1 N–H and O–H groups in total. The third-order valence-electron chi connectivity index (χ3n) is 3.78. The summed E-state index contributed by atoms with van der Waals surface area (Å²) in [6.07, 6.45) is 0.144. The van der Waals surface area contributed by atoms with E-state index in [1.54, 1.807) is 18.2 Å². The topological polar surface area (TPSA) is 49.8 Å². The predicted molar refractivity (Wildman–Crippen MR) is 93.5 cm³/mol. The van der Waals surface area contributed by atoms with Gasteiger partial charge in [0.15, 0.2) is 5.82 Å². The number of carboxylic acid groups (broad SMARTS) is 1. The SMILES string of the molecule is O=C(O)c1sc(N2CCOCC2)c(F)c1Cc1ccc(Cl)c(Cl)c1. The Morgan fingerprint density at radius 1 is 1.29 bits per heavy atom.